The molecule has 2 N–H and O–H groups in total. The lowest BCUT2D eigenvalue weighted by Crippen LogP contribution is -2.00. The fourth-order valence-corrected chi connectivity index (χ4v) is 1.41. The van der Waals surface area contributed by atoms with E-state index in [1.807, 2.05) is 24.3 Å². The van der Waals surface area contributed by atoms with Crippen molar-refractivity contribution in [1.82, 2.24) is 9.97 Å². The molecule has 0 saturated carbocycles. The molecule has 0 aliphatic carbocycles. The highest BCUT2D eigenvalue weighted by Gasteiger charge is 1.99. The summed E-state index contributed by atoms with van der Waals surface area (Å²) >= 11 is 5.85. The van der Waals surface area contributed by atoms with Gasteiger partial charge in [0.05, 0.1) is 0 Å². The normalized spacial score (nSPS) is 10.1. The number of hydrogen-bond donors (Lipinski definition) is 1. The van der Waals surface area contributed by atoms with E-state index >= 15 is 0 Å². The molecule has 2 rings (SSSR count). The van der Waals surface area contributed by atoms with Gasteiger partial charge in [0.15, 0.2) is 0 Å². The van der Waals surface area contributed by atoms with Gasteiger partial charge in [-0.25, -0.2) is 4.98 Å². The maximum Gasteiger partial charge on any atom is 0.318 e. The third-order valence-corrected chi connectivity index (χ3v) is 2.15. The van der Waals surface area contributed by atoms with E-state index in [1.165, 1.54) is 0 Å². The second-order valence-corrected chi connectivity index (χ2v) is 3.62. The van der Waals surface area contributed by atoms with E-state index in [0.717, 1.165) is 5.56 Å². The summed E-state index contributed by atoms with van der Waals surface area (Å²) in [5.74, 6) is 0.385. The minimum Gasteiger partial charge on any atom is -0.459 e. The fourth-order valence-electron chi connectivity index (χ4n) is 1.20. The third kappa shape index (κ3) is 2.84. The van der Waals surface area contributed by atoms with Gasteiger partial charge in [-0.3, -0.25) is 0 Å². The van der Waals surface area contributed by atoms with Crippen molar-refractivity contribution in [2.24, 2.45) is 0 Å². The lowest BCUT2D eigenvalue weighted by Gasteiger charge is -2.04. The Balaban J connectivity index is 2.02. The molecule has 0 bridgehead atoms. The summed E-state index contributed by atoms with van der Waals surface area (Å²) in [6.45, 7) is 0.365. The standard InChI is InChI=1S/C11H10ClN3O/c12-9-3-1-2-8(6-9)7-16-11-14-5-4-10(13)15-11/h1-6H,7H2,(H2,13,14,15). The maximum atomic E-state index is 5.85. The first-order valence-electron chi connectivity index (χ1n) is 4.70. The molecule has 1 heterocycles. The van der Waals surface area contributed by atoms with Gasteiger partial charge in [-0.1, -0.05) is 23.7 Å². The largest absolute Gasteiger partial charge is 0.459 e. The second-order valence-electron chi connectivity index (χ2n) is 3.18. The summed E-state index contributed by atoms with van der Waals surface area (Å²) < 4.78 is 5.37. The Kier molecular flexibility index (Phi) is 3.22. The summed E-state index contributed by atoms with van der Waals surface area (Å²) in [5.41, 5.74) is 6.46. The van der Waals surface area contributed by atoms with Crippen LogP contribution in [0.2, 0.25) is 5.02 Å². The van der Waals surface area contributed by atoms with Crippen LogP contribution in [0.4, 0.5) is 5.82 Å². The van der Waals surface area contributed by atoms with Crippen molar-refractivity contribution in [3.8, 4) is 6.01 Å². The van der Waals surface area contributed by atoms with Crippen LogP contribution < -0.4 is 10.5 Å². The maximum absolute atomic E-state index is 5.85. The zero-order valence-corrected chi connectivity index (χ0v) is 9.19. The molecule has 0 aliphatic rings. The molecule has 0 saturated heterocycles. The van der Waals surface area contributed by atoms with Crippen LogP contribution >= 0.6 is 11.6 Å². The van der Waals surface area contributed by atoms with E-state index in [9.17, 15) is 0 Å². The Hall–Kier alpha value is -1.81. The Morgan fingerprint density at radius 1 is 1.31 bits per heavy atom. The molecule has 4 nitrogen and oxygen atoms in total. The molecule has 16 heavy (non-hydrogen) atoms. The highest BCUT2D eigenvalue weighted by atomic mass is 35.5. The molecule has 0 aliphatic heterocycles. The van der Waals surface area contributed by atoms with E-state index in [-0.39, 0.29) is 6.01 Å². The van der Waals surface area contributed by atoms with Crippen molar-refractivity contribution < 1.29 is 4.74 Å². The average molecular weight is 236 g/mol. The quantitative estimate of drug-likeness (QED) is 0.887. The van der Waals surface area contributed by atoms with Gasteiger partial charge < -0.3 is 10.5 Å². The van der Waals surface area contributed by atoms with Crippen LogP contribution in [0.1, 0.15) is 5.56 Å². The van der Waals surface area contributed by atoms with Gasteiger partial charge in [0.1, 0.15) is 12.4 Å². The number of nitrogens with zero attached hydrogens (tertiary/aromatic N) is 2. The predicted molar refractivity (Wildman–Crippen MR) is 62.2 cm³/mol. The summed E-state index contributed by atoms with van der Waals surface area (Å²) in [5, 5.41) is 0.676. The minimum absolute atomic E-state index is 0.264. The van der Waals surface area contributed by atoms with Crippen LogP contribution in [-0.2, 0) is 6.61 Å². The number of nitrogens with two attached hydrogens (primary N) is 1. The summed E-state index contributed by atoms with van der Waals surface area (Å²) in [7, 11) is 0. The highest BCUT2D eigenvalue weighted by molar-refractivity contribution is 6.30. The third-order valence-electron chi connectivity index (χ3n) is 1.91. The van der Waals surface area contributed by atoms with Crippen LogP contribution in [0.3, 0.4) is 0 Å². The van der Waals surface area contributed by atoms with Crippen molar-refractivity contribution in [3.05, 3.63) is 47.1 Å². The molecule has 0 amide bonds. The molecule has 5 heteroatoms. The monoisotopic (exact) mass is 235 g/mol. The van der Waals surface area contributed by atoms with E-state index in [2.05, 4.69) is 9.97 Å². The van der Waals surface area contributed by atoms with Gasteiger partial charge in [0, 0.05) is 11.2 Å². The van der Waals surface area contributed by atoms with E-state index in [0.29, 0.717) is 17.4 Å². The Bertz CT molecular complexity index is 445. The van der Waals surface area contributed by atoms with Crippen LogP contribution in [0.5, 0.6) is 6.01 Å². The average Bonchev–Trinajstić information content (AvgIpc) is 2.27. The molecule has 82 valence electrons. The lowest BCUT2D eigenvalue weighted by molar-refractivity contribution is 0.281. The Labute approximate surface area is 98.0 Å². The summed E-state index contributed by atoms with van der Waals surface area (Å²) in [4.78, 5) is 7.85. The Morgan fingerprint density at radius 3 is 2.94 bits per heavy atom. The number of ether oxygens (including phenoxy) is 1. The van der Waals surface area contributed by atoms with Gasteiger partial charge in [0.2, 0.25) is 0 Å². The van der Waals surface area contributed by atoms with Crippen LogP contribution in [-0.4, -0.2) is 9.97 Å². The zero-order chi connectivity index (χ0) is 11.4. The number of hydrogen-bond acceptors (Lipinski definition) is 4. The predicted octanol–water partition coefficient (Wildman–Crippen LogP) is 2.29. The number of nitrogen functional groups attached to an aromatic ring is 1. The van der Waals surface area contributed by atoms with Gasteiger partial charge in [-0.05, 0) is 23.8 Å². The van der Waals surface area contributed by atoms with Crippen LogP contribution in [0, 0.1) is 0 Å². The van der Waals surface area contributed by atoms with E-state index in [4.69, 9.17) is 22.1 Å². The number of aromatic nitrogens is 2. The van der Waals surface area contributed by atoms with Gasteiger partial charge in [-0.15, -0.1) is 0 Å². The van der Waals surface area contributed by atoms with Crippen LogP contribution in [0.25, 0.3) is 0 Å². The molecule has 1 aromatic carbocycles. The number of halogens is 1. The number of rotatable bonds is 3. The van der Waals surface area contributed by atoms with Crippen molar-refractivity contribution in [2.45, 2.75) is 6.61 Å². The van der Waals surface area contributed by atoms with Gasteiger partial charge in [0.25, 0.3) is 0 Å². The number of benzene rings is 1. The summed E-state index contributed by atoms with van der Waals surface area (Å²) in [6.07, 6.45) is 1.55. The molecular formula is C11H10ClN3O. The molecule has 0 atom stereocenters. The lowest BCUT2D eigenvalue weighted by atomic mass is 10.2. The topological polar surface area (TPSA) is 61.0 Å². The number of anilines is 1. The molecule has 1 aromatic heterocycles. The van der Waals surface area contributed by atoms with Crippen molar-refractivity contribution in [3.63, 3.8) is 0 Å². The zero-order valence-electron chi connectivity index (χ0n) is 8.43. The van der Waals surface area contributed by atoms with Crippen molar-refractivity contribution in [2.75, 3.05) is 5.73 Å². The van der Waals surface area contributed by atoms with Gasteiger partial charge >= 0.3 is 6.01 Å². The SMILES string of the molecule is Nc1ccnc(OCc2cccc(Cl)c2)n1. The smallest absolute Gasteiger partial charge is 0.318 e. The fraction of sp³-hybridized carbons (Fsp3) is 0.0909. The van der Waals surface area contributed by atoms with E-state index < -0.39 is 0 Å². The first-order valence-corrected chi connectivity index (χ1v) is 5.07. The molecule has 0 fully saturated rings. The molecule has 0 spiro atoms. The minimum atomic E-state index is 0.264. The molecule has 0 unspecified atom stereocenters. The first-order chi connectivity index (χ1) is 7.74. The first kappa shape index (κ1) is 10.7. The molecule has 2 aromatic rings. The van der Waals surface area contributed by atoms with Gasteiger partial charge in [-0.2, -0.15) is 4.98 Å². The van der Waals surface area contributed by atoms with Crippen molar-refractivity contribution in [1.29, 1.82) is 0 Å². The van der Waals surface area contributed by atoms with Crippen LogP contribution in [0.15, 0.2) is 36.5 Å². The second kappa shape index (κ2) is 4.81. The highest BCUT2D eigenvalue weighted by Crippen LogP contribution is 2.12. The Morgan fingerprint density at radius 2 is 2.19 bits per heavy atom. The van der Waals surface area contributed by atoms with E-state index in [1.54, 1.807) is 12.3 Å². The summed E-state index contributed by atoms with van der Waals surface area (Å²) in [6, 6.07) is 9.28. The van der Waals surface area contributed by atoms with Crippen molar-refractivity contribution >= 4 is 17.4 Å². The molecular weight excluding hydrogens is 226 g/mol. The molecule has 0 radical (unpaired) electrons.